The molecule has 1 N–H and O–H groups in total. The second kappa shape index (κ2) is 7.31. The Bertz CT molecular complexity index is 365. The van der Waals surface area contributed by atoms with Crippen LogP contribution in [-0.2, 0) is 6.42 Å². The van der Waals surface area contributed by atoms with E-state index in [1.807, 2.05) is 24.3 Å². The first-order valence-electron chi connectivity index (χ1n) is 7.61. The second-order valence-electron chi connectivity index (χ2n) is 5.97. The van der Waals surface area contributed by atoms with Gasteiger partial charge in [0.25, 0.3) is 0 Å². The van der Waals surface area contributed by atoms with Crippen LogP contribution < -0.4 is 0 Å². The van der Waals surface area contributed by atoms with Gasteiger partial charge in [0.15, 0.2) is 0 Å². The molecule has 1 atom stereocenters. The summed E-state index contributed by atoms with van der Waals surface area (Å²) < 4.78 is 0. The van der Waals surface area contributed by atoms with E-state index in [1.165, 1.54) is 44.1 Å². The molecule has 106 valence electrons. The molecule has 1 aliphatic rings. The van der Waals surface area contributed by atoms with Gasteiger partial charge in [-0.1, -0.05) is 56.3 Å². The largest absolute Gasteiger partial charge is 0.392 e. The number of benzene rings is 1. The quantitative estimate of drug-likeness (QED) is 0.817. The topological polar surface area (TPSA) is 20.2 Å². The molecule has 0 aliphatic heterocycles. The van der Waals surface area contributed by atoms with Crippen molar-refractivity contribution >= 4 is 11.6 Å². The molecule has 1 unspecified atom stereocenters. The van der Waals surface area contributed by atoms with Crippen molar-refractivity contribution in [3.63, 3.8) is 0 Å². The summed E-state index contributed by atoms with van der Waals surface area (Å²) in [4.78, 5) is 0. The van der Waals surface area contributed by atoms with Crippen molar-refractivity contribution in [2.45, 2.75) is 58.0 Å². The number of aliphatic hydroxyl groups is 1. The molecular weight excluding hydrogens is 256 g/mol. The van der Waals surface area contributed by atoms with Gasteiger partial charge in [-0.25, -0.2) is 0 Å². The van der Waals surface area contributed by atoms with Crippen molar-refractivity contribution < 1.29 is 5.11 Å². The normalized spacial score (nSPS) is 25.2. The highest BCUT2D eigenvalue weighted by molar-refractivity contribution is 6.30. The van der Waals surface area contributed by atoms with Gasteiger partial charge in [-0.3, -0.25) is 0 Å². The van der Waals surface area contributed by atoms with Crippen LogP contribution in [-0.4, -0.2) is 11.2 Å². The van der Waals surface area contributed by atoms with E-state index in [9.17, 15) is 5.11 Å². The Kier molecular flexibility index (Phi) is 5.72. The zero-order valence-corrected chi connectivity index (χ0v) is 12.6. The van der Waals surface area contributed by atoms with Crippen molar-refractivity contribution in [3.05, 3.63) is 34.9 Å². The Balaban J connectivity index is 1.81. The van der Waals surface area contributed by atoms with Gasteiger partial charge in [-0.2, -0.15) is 0 Å². The monoisotopic (exact) mass is 280 g/mol. The van der Waals surface area contributed by atoms with Crippen LogP contribution in [0, 0.1) is 11.8 Å². The lowest BCUT2D eigenvalue weighted by Crippen LogP contribution is -2.27. The van der Waals surface area contributed by atoms with Gasteiger partial charge in [0.2, 0.25) is 0 Å². The van der Waals surface area contributed by atoms with Gasteiger partial charge in [0.05, 0.1) is 6.10 Å². The van der Waals surface area contributed by atoms with E-state index in [2.05, 4.69) is 6.92 Å². The number of hydrogen-bond acceptors (Lipinski definition) is 1. The minimum atomic E-state index is -0.191. The number of rotatable bonds is 5. The Morgan fingerprint density at radius 1 is 1.16 bits per heavy atom. The molecular formula is C17H25ClO. The zero-order valence-electron chi connectivity index (χ0n) is 11.8. The van der Waals surface area contributed by atoms with E-state index in [-0.39, 0.29) is 6.10 Å². The Labute approximate surface area is 122 Å². The summed E-state index contributed by atoms with van der Waals surface area (Å²) in [6, 6.07) is 7.85. The smallest absolute Gasteiger partial charge is 0.0608 e. The molecule has 1 aliphatic carbocycles. The first-order valence-corrected chi connectivity index (χ1v) is 7.99. The summed E-state index contributed by atoms with van der Waals surface area (Å²) in [5, 5.41) is 11.1. The van der Waals surface area contributed by atoms with Crippen LogP contribution in [0.4, 0.5) is 0 Å². The summed E-state index contributed by atoms with van der Waals surface area (Å²) in [5.41, 5.74) is 1.19. The lowest BCUT2D eigenvalue weighted by molar-refractivity contribution is 0.0728. The Hall–Kier alpha value is -0.530. The van der Waals surface area contributed by atoms with E-state index in [0.29, 0.717) is 5.92 Å². The third-order valence-electron chi connectivity index (χ3n) is 4.49. The van der Waals surface area contributed by atoms with E-state index in [4.69, 9.17) is 11.6 Å². The van der Waals surface area contributed by atoms with Gasteiger partial charge in [0, 0.05) is 5.02 Å². The third-order valence-corrected chi connectivity index (χ3v) is 4.74. The van der Waals surface area contributed by atoms with Crippen LogP contribution in [0.5, 0.6) is 0 Å². The van der Waals surface area contributed by atoms with Gasteiger partial charge in [-0.05, 0) is 48.8 Å². The fraction of sp³-hybridized carbons (Fsp3) is 0.647. The fourth-order valence-electron chi connectivity index (χ4n) is 3.30. The molecule has 1 saturated carbocycles. The average molecular weight is 281 g/mol. The highest BCUT2D eigenvalue weighted by Gasteiger charge is 2.25. The standard InChI is InChI=1S/C17H25ClO/c1-2-3-13-4-8-15(9-5-13)17(19)12-14-6-10-16(18)11-7-14/h6-7,10-11,13,15,17,19H,2-5,8-9,12H2,1H3. The van der Waals surface area contributed by atoms with Gasteiger partial charge < -0.3 is 5.11 Å². The molecule has 0 bridgehead atoms. The maximum absolute atomic E-state index is 10.4. The fourth-order valence-corrected chi connectivity index (χ4v) is 3.42. The van der Waals surface area contributed by atoms with Crippen LogP contribution in [0.1, 0.15) is 51.0 Å². The van der Waals surface area contributed by atoms with Gasteiger partial charge in [0.1, 0.15) is 0 Å². The van der Waals surface area contributed by atoms with E-state index in [1.54, 1.807) is 0 Å². The van der Waals surface area contributed by atoms with Crippen LogP contribution in [0.25, 0.3) is 0 Å². The maximum Gasteiger partial charge on any atom is 0.0608 e. The molecule has 0 amide bonds. The minimum absolute atomic E-state index is 0.191. The first kappa shape index (κ1) is 14.9. The molecule has 1 aromatic rings. The molecule has 1 aromatic carbocycles. The van der Waals surface area contributed by atoms with Crippen LogP contribution in [0.15, 0.2) is 24.3 Å². The third kappa shape index (κ3) is 4.50. The predicted molar refractivity (Wildman–Crippen MR) is 81.5 cm³/mol. The molecule has 19 heavy (non-hydrogen) atoms. The van der Waals surface area contributed by atoms with Gasteiger partial charge in [-0.15, -0.1) is 0 Å². The summed E-state index contributed by atoms with van der Waals surface area (Å²) in [7, 11) is 0. The van der Waals surface area contributed by atoms with E-state index < -0.39 is 0 Å². The van der Waals surface area contributed by atoms with Crippen molar-refractivity contribution in [2.75, 3.05) is 0 Å². The van der Waals surface area contributed by atoms with E-state index >= 15 is 0 Å². The summed E-state index contributed by atoms with van der Waals surface area (Å²) >= 11 is 5.88. The van der Waals surface area contributed by atoms with Crippen molar-refractivity contribution in [1.29, 1.82) is 0 Å². The lowest BCUT2D eigenvalue weighted by Gasteiger charge is -2.31. The Morgan fingerprint density at radius 3 is 2.37 bits per heavy atom. The molecule has 0 spiro atoms. The minimum Gasteiger partial charge on any atom is -0.392 e. The van der Waals surface area contributed by atoms with Crippen molar-refractivity contribution in [2.24, 2.45) is 11.8 Å². The van der Waals surface area contributed by atoms with Crippen LogP contribution in [0.2, 0.25) is 5.02 Å². The highest BCUT2D eigenvalue weighted by Crippen LogP contribution is 2.34. The average Bonchev–Trinajstić information content (AvgIpc) is 2.42. The Morgan fingerprint density at radius 2 is 1.79 bits per heavy atom. The number of aliphatic hydroxyl groups excluding tert-OH is 1. The summed E-state index contributed by atoms with van der Waals surface area (Å²) in [5.74, 6) is 1.40. The van der Waals surface area contributed by atoms with E-state index in [0.717, 1.165) is 17.4 Å². The molecule has 1 fully saturated rings. The SMILES string of the molecule is CCCC1CCC(C(O)Cc2ccc(Cl)cc2)CC1. The molecule has 0 radical (unpaired) electrons. The van der Waals surface area contributed by atoms with Crippen LogP contribution in [0.3, 0.4) is 0 Å². The molecule has 0 aromatic heterocycles. The molecule has 1 nitrogen and oxygen atoms in total. The van der Waals surface area contributed by atoms with Crippen LogP contribution >= 0.6 is 11.6 Å². The van der Waals surface area contributed by atoms with Gasteiger partial charge >= 0.3 is 0 Å². The maximum atomic E-state index is 10.4. The molecule has 2 rings (SSSR count). The number of halogens is 1. The number of hydrogen-bond donors (Lipinski definition) is 1. The molecule has 2 heteroatoms. The first-order chi connectivity index (χ1) is 9.19. The summed E-state index contributed by atoms with van der Waals surface area (Å²) in [6.07, 6.45) is 8.22. The second-order valence-corrected chi connectivity index (χ2v) is 6.40. The van der Waals surface area contributed by atoms with Crippen molar-refractivity contribution in [1.82, 2.24) is 0 Å². The zero-order chi connectivity index (χ0) is 13.7. The molecule has 0 heterocycles. The lowest BCUT2D eigenvalue weighted by atomic mass is 9.77. The predicted octanol–water partition coefficient (Wildman–Crippen LogP) is 4.85. The van der Waals surface area contributed by atoms with Crippen molar-refractivity contribution in [3.8, 4) is 0 Å². The highest BCUT2D eigenvalue weighted by atomic mass is 35.5. The molecule has 0 saturated heterocycles. The summed E-state index contributed by atoms with van der Waals surface area (Å²) in [6.45, 7) is 2.27.